The van der Waals surface area contributed by atoms with Crippen LogP contribution in [0.25, 0.3) is 0 Å². The molecule has 1 amide bonds. The molecule has 2 aromatic heterocycles. The van der Waals surface area contributed by atoms with Crippen molar-refractivity contribution in [2.45, 2.75) is 25.1 Å². The average Bonchev–Trinajstić information content (AvgIpc) is 2.96. The van der Waals surface area contributed by atoms with Crippen molar-refractivity contribution in [2.75, 3.05) is 5.32 Å². The maximum absolute atomic E-state index is 13.3. The van der Waals surface area contributed by atoms with Gasteiger partial charge in [0.1, 0.15) is 0 Å². The van der Waals surface area contributed by atoms with Gasteiger partial charge in [-0.15, -0.1) is 11.3 Å². The Balaban J connectivity index is 2.24. The van der Waals surface area contributed by atoms with Crippen LogP contribution in [0, 0.1) is 6.92 Å². The zero-order valence-corrected chi connectivity index (χ0v) is 12.5. The van der Waals surface area contributed by atoms with E-state index in [4.69, 9.17) is 0 Å². The summed E-state index contributed by atoms with van der Waals surface area (Å²) in [6, 6.07) is 0. The van der Waals surface area contributed by atoms with Crippen LogP contribution >= 0.6 is 11.3 Å². The Morgan fingerprint density at radius 1 is 1.45 bits per heavy atom. The third kappa shape index (κ3) is 3.12. The Kier molecular flexibility index (Phi) is 4.25. The minimum atomic E-state index is -5.05. The molecule has 0 unspecified atom stereocenters. The second-order valence-electron chi connectivity index (χ2n) is 4.72. The molecule has 22 heavy (non-hydrogen) atoms. The van der Waals surface area contributed by atoms with E-state index in [1.165, 1.54) is 19.4 Å². The van der Waals surface area contributed by atoms with Crippen molar-refractivity contribution in [2.24, 2.45) is 7.05 Å². The van der Waals surface area contributed by atoms with Crippen LogP contribution in [0.1, 0.15) is 17.1 Å². The van der Waals surface area contributed by atoms with E-state index in [0.29, 0.717) is 0 Å². The van der Waals surface area contributed by atoms with Crippen LogP contribution < -0.4 is 5.32 Å². The molecule has 0 radical (unpaired) electrons. The van der Waals surface area contributed by atoms with Gasteiger partial charge in [-0.1, -0.05) is 0 Å². The van der Waals surface area contributed by atoms with Crippen molar-refractivity contribution < 1.29 is 23.1 Å². The highest BCUT2D eigenvalue weighted by Crippen LogP contribution is 2.40. The number of amides is 1. The van der Waals surface area contributed by atoms with E-state index in [9.17, 15) is 23.1 Å². The predicted octanol–water partition coefficient (Wildman–Crippen LogP) is 1.96. The number of carbonyl (C=O) groups excluding carboxylic acids is 1. The van der Waals surface area contributed by atoms with Gasteiger partial charge >= 0.3 is 6.18 Å². The average molecular weight is 334 g/mol. The maximum atomic E-state index is 13.3. The van der Waals surface area contributed by atoms with E-state index < -0.39 is 29.9 Å². The largest absolute Gasteiger partial charge is 0.425 e. The first-order chi connectivity index (χ1) is 10.1. The van der Waals surface area contributed by atoms with Crippen LogP contribution in [0.4, 0.5) is 18.3 Å². The number of hydrogen-bond acceptors (Lipinski definition) is 5. The van der Waals surface area contributed by atoms with Gasteiger partial charge < -0.3 is 15.0 Å². The Morgan fingerprint density at radius 2 is 2.14 bits per heavy atom. The lowest BCUT2D eigenvalue weighted by atomic mass is 9.97. The van der Waals surface area contributed by atoms with Gasteiger partial charge in [0.2, 0.25) is 11.5 Å². The number of thiazole rings is 1. The fourth-order valence-electron chi connectivity index (χ4n) is 1.88. The highest BCUT2D eigenvalue weighted by atomic mass is 32.1. The molecule has 0 aromatic carbocycles. The Labute approximate surface area is 127 Å². The van der Waals surface area contributed by atoms with Crippen molar-refractivity contribution in [3.63, 3.8) is 0 Å². The topological polar surface area (TPSA) is 80.0 Å². The summed E-state index contributed by atoms with van der Waals surface area (Å²) < 4.78 is 40.8. The van der Waals surface area contributed by atoms with Crippen LogP contribution in [0.3, 0.4) is 0 Å². The van der Waals surface area contributed by atoms with Gasteiger partial charge in [-0.2, -0.15) is 13.2 Å². The number of rotatable bonds is 4. The number of halogens is 3. The highest BCUT2D eigenvalue weighted by Gasteiger charge is 2.58. The van der Waals surface area contributed by atoms with E-state index in [1.807, 2.05) is 0 Å². The number of alkyl halides is 3. The zero-order valence-electron chi connectivity index (χ0n) is 11.7. The predicted molar refractivity (Wildman–Crippen MR) is 73.3 cm³/mol. The molecule has 2 N–H and O–H groups in total. The Morgan fingerprint density at radius 3 is 2.59 bits per heavy atom. The molecule has 2 rings (SSSR count). The van der Waals surface area contributed by atoms with Crippen molar-refractivity contribution >= 4 is 22.4 Å². The van der Waals surface area contributed by atoms with Crippen molar-refractivity contribution in [1.29, 1.82) is 0 Å². The number of nitrogens with one attached hydrogen (secondary N) is 1. The van der Waals surface area contributed by atoms with Gasteiger partial charge in [0, 0.05) is 30.5 Å². The molecule has 0 saturated heterocycles. The molecule has 0 aliphatic heterocycles. The lowest BCUT2D eigenvalue weighted by Crippen LogP contribution is -2.46. The molecule has 0 bridgehead atoms. The fourth-order valence-corrected chi connectivity index (χ4v) is 2.56. The Bertz CT molecular complexity index is 682. The SMILES string of the molecule is Cc1cnc(NC(=O)C[C@](O)(c2nccn2C)C(F)(F)F)s1. The molecule has 0 aliphatic carbocycles. The van der Waals surface area contributed by atoms with Gasteiger partial charge in [0.05, 0.1) is 6.42 Å². The van der Waals surface area contributed by atoms with Crippen LogP contribution in [0.15, 0.2) is 18.6 Å². The minimum Gasteiger partial charge on any atom is -0.374 e. The number of imidazole rings is 1. The number of aromatic nitrogens is 3. The monoisotopic (exact) mass is 334 g/mol. The molecule has 0 aliphatic rings. The first kappa shape index (κ1) is 16.4. The lowest BCUT2D eigenvalue weighted by molar-refractivity contribution is -0.270. The molecular formula is C12H13F3N4O2S. The summed E-state index contributed by atoms with van der Waals surface area (Å²) in [6.45, 7) is 1.74. The summed E-state index contributed by atoms with van der Waals surface area (Å²) in [5.74, 6) is -1.65. The van der Waals surface area contributed by atoms with Crippen molar-refractivity contribution in [3.05, 3.63) is 29.3 Å². The molecule has 2 aromatic rings. The van der Waals surface area contributed by atoms with Crippen LogP contribution in [-0.4, -0.2) is 31.7 Å². The van der Waals surface area contributed by atoms with E-state index >= 15 is 0 Å². The first-order valence-electron chi connectivity index (χ1n) is 6.12. The molecule has 120 valence electrons. The van der Waals surface area contributed by atoms with Crippen LogP contribution in [0.5, 0.6) is 0 Å². The standard InChI is InChI=1S/C12H13F3N4O2S/c1-7-6-17-10(22-7)18-8(20)5-11(21,12(13,14)15)9-16-3-4-19(9)2/h3-4,6,21H,5H2,1-2H3,(H,17,18,20)/t11-/m0/s1. The highest BCUT2D eigenvalue weighted by molar-refractivity contribution is 7.15. The summed E-state index contributed by atoms with van der Waals surface area (Å²) in [7, 11) is 1.31. The van der Waals surface area contributed by atoms with Gasteiger partial charge in [-0.05, 0) is 6.92 Å². The minimum absolute atomic E-state index is 0.173. The number of aryl methyl sites for hydroxylation is 2. The summed E-state index contributed by atoms with van der Waals surface area (Å²) in [5, 5.41) is 12.5. The van der Waals surface area contributed by atoms with Crippen molar-refractivity contribution in [1.82, 2.24) is 14.5 Å². The van der Waals surface area contributed by atoms with Gasteiger partial charge in [-0.3, -0.25) is 4.79 Å². The first-order valence-corrected chi connectivity index (χ1v) is 6.94. The number of hydrogen-bond donors (Lipinski definition) is 2. The number of carbonyl (C=O) groups is 1. The maximum Gasteiger partial charge on any atom is 0.425 e. The molecule has 0 spiro atoms. The molecule has 10 heteroatoms. The van der Waals surface area contributed by atoms with E-state index in [0.717, 1.165) is 27.0 Å². The Hall–Kier alpha value is -1.94. The van der Waals surface area contributed by atoms with Gasteiger partial charge in [0.15, 0.2) is 11.0 Å². The van der Waals surface area contributed by atoms with Crippen molar-refractivity contribution in [3.8, 4) is 0 Å². The van der Waals surface area contributed by atoms with E-state index in [1.54, 1.807) is 6.92 Å². The number of aliphatic hydroxyl groups is 1. The quantitative estimate of drug-likeness (QED) is 0.896. The summed E-state index contributed by atoms with van der Waals surface area (Å²) in [4.78, 5) is 20.0. The second-order valence-corrected chi connectivity index (χ2v) is 5.96. The molecular weight excluding hydrogens is 321 g/mol. The summed E-state index contributed by atoms with van der Waals surface area (Å²) >= 11 is 1.12. The smallest absolute Gasteiger partial charge is 0.374 e. The third-order valence-corrected chi connectivity index (χ3v) is 3.77. The molecule has 2 heterocycles. The molecule has 6 nitrogen and oxygen atoms in total. The molecule has 0 fully saturated rings. The summed E-state index contributed by atoms with van der Waals surface area (Å²) in [5.41, 5.74) is -3.37. The van der Waals surface area contributed by atoms with E-state index in [-0.39, 0.29) is 5.13 Å². The number of nitrogens with zero attached hydrogens (tertiary/aromatic N) is 3. The zero-order chi connectivity index (χ0) is 16.5. The van der Waals surface area contributed by atoms with Gasteiger partial charge in [0.25, 0.3) is 0 Å². The molecule has 0 saturated carbocycles. The van der Waals surface area contributed by atoms with Gasteiger partial charge in [-0.25, -0.2) is 9.97 Å². The lowest BCUT2D eigenvalue weighted by Gasteiger charge is -2.29. The second kappa shape index (κ2) is 5.69. The van der Waals surface area contributed by atoms with Crippen LogP contribution in [0.2, 0.25) is 0 Å². The van der Waals surface area contributed by atoms with Crippen LogP contribution in [-0.2, 0) is 17.4 Å². The third-order valence-electron chi connectivity index (χ3n) is 2.94. The normalized spacial score (nSPS) is 14.6. The summed E-state index contributed by atoms with van der Waals surface area (Å²) in [6.07, 6.45) is -2.40. The molecule has 1 atom stereocenters. The van der Waals surface area contributed by atoms with E-state index in [2.05, 4.69) is 15.3 Å². The number of anilines is 1. The fraction of sp³-hybridized carbons (Fsp3) is 0.417.